The third kappa shape index (κ3) is 2.03. The first-order valence-corrected chi connectivity index (χ1v) is 6.51. The van der Waals surface area contributed by atoms with Crippen LogP contribution in [0.4, 0.5) is 5.69 Å². The fourth-order valence-corrected chi connectivity index (χ4v) is 2.41. The molecule has 1 atom stereocenters. The maximum atomic E-state index is 11.9. The summed E-state index contributed by atoms with van der Waals surface area (Å²) in [6.45, 7) is 2.16. The van der Waals surface area contributed by atoms with E-state index in [1.54, 1.807) is 18.2 Å². The Morgan fingerprint density at radius 3 is 3.00 bits per heavy atom. The molecule has 3 rings (SSSR count). The van der Waals surface area contributed by atoms with Gasteiger partial charge in [0.15, 0.2) is 11.5 Å². The van der Waals surface area contributed by atoms with E-state index in [1.807, 2.05) is 6.92 Å². The quantitative estimate of drug-likeness (QED) is 0.923. The van der Waals surface area contributed by atoms with E-state index in [4.69, 9.17) is 9.52 Å². The number of hydrogen-bond acceptors (Lipinski definition) is 4. The van der Waals surface area contributed by atoms with Gasteiger partial charge in [0.2, 0.25) is 5.91 Å². The molecule has 1 aliphatic heterocycles. The summed E-state index contributed by atoms with van der Waals surface area (Å²) < 4.78 is 5.51. The Bertz CT molecular complexity index is 692. The molecule has 2 aromatic rings. The highest BCUT2D eigenvalue weighted by Crippen LogP contribution is 2.28. The molecule has 20 heavy (non-hydrogen) atoms. The van der Waals surface area contributed by atoms with Crippen molar-refractivity contribution in [2.45, 2.75) is 19.8 Å². The molecule has 6 heteroatoms. The third-order valence-corrected chi connectivity index (χ3v) is 3.50. The van der Waals surface area contributed by atoms with Crippen LogP contribution in [0, 0.1) is 5.92 Å². The molecule has 1 amide bonds. The maximum Gasteiger partial charge on any atom is 0.308 e. The molecule has 0 aliphatic carbocycles. The third-order valence-electron chi connectivity index (χ3n) is 3.50. The number of aliphatic carboxylic acids is 1. The van der Waals surface area contributed by atoms with Crippen LogP contribution < -0.4 is 4.90 Å². The second-order valence-corrected chi connectivity index (χ2v) is 4.86. The highest BCUT2D eigenvalue weighted by atomic mass is 16.4. The van der Waals surface area contributed by atoms with Crippen LogP contribution in [-0.4, -0.2) is 28.5 Å². The summed E-state index contributed by atoms with van der Waals surface area (Å²) in [4.78, 5) is 28.7. The monoisotopic (exact) mass is 274 g/mol. The van der Waals surface area contributed by atoms with Crippen molar-refractivity contribution in [1.29, 1.82) is 0 Å². The molecule has 0 spiro atoms. The molecule has 1 aromatic carbocycles. The van der Waals surface area contributed by atoms with Crippen molar-refractivity contribution in [2.24, 2.45) is 5.92 Å². The zero-order valence-corrected chi connectivity index (χ0v) is 11.0. The maximum absolute atomic E-state index is 11.9. The molecule has 1 fully saturated rings. The first-order chi connectivity index (χ1) is 9.58. The van der Waals surface area contributed by atoms with E-state index in [0.29, 0.717) is 29.1 Å². The Balaban J connectivity index is 1.94. The highest BCUT2D eigenvalue weighted by Gasteiger charge is 2.35. The molecule has 1 aromatic heterocycles. The minimum atomic E-state index is -0.934. The minimum Gasteiger partial charge on any atom is -0.481 e. The van der Waals surface area contributed by atoms with Crippen molar-refractivity contribution in [3.63, 3.8) is 0 Å². The van der Waals surface area contributed by atoms with Gasteiger partial charge in [0.05, 0.1) is 5.92 Å². The number of fused-ring (bicyclic) bond motifs is 1. The van der Waals surface area contributed by atoms with Gasteiger partial charge in [-0.1, -0.05) is 6.92 Å². The number of oxazole rings is 1. The van der Waals surface area contributed by atoms with Gasteiger partial charge in [-0.2, -0.15) is 0 Å². The second kappa shape index (κ2) is 4.63. The Kier molecular flexibility index (Phi) is 2.93. The Morgan fingerprint density at radius 1 is 1.55 bits per heavy atom. The van der Waals surface area contributed by atoms with Crippen molar-refractivity contribution in [3.8, 4) is 0 Å². The number of aromatic nitrogens is 1. The van der Waals surface area contributed by atoms with Crippen LogP contribution in [0.3, 0.4) is 0 Å². The van der Waals surface area contributed by atoms with Gasteiger partial charge >= 0.3 is 5.97 Å². The largest absolute Gasteiger partial charge is 0.481 e. The topological polar surface area (TPSA) is 83.6 Å². The number of carbonyl (C=O) groups is 2. The molecular weight excluding hydrogens is 260 g/mol. The average molecular weight is 274 g/mol. The first kappa shape index (κ1) is 12.7. The molecule has 0 radical (unpaired) electrons. The van der Waals surface area contributed by atoms with Gasteiger partial charge in [0.25, 0.3) is 0 Å². The van der Waals surface area contributed by atoms with E-state index in [2.05, 4.69) is 4.98 Å². The summed E-state index contributed by atoms with van der Waals surface area (Å²) in [5.74, 6) is -1.09. The summed E-state index contributed by atoms with van der Waals surface area (Å²) in [5, 5.41) is 9.00. The molecule has 1 saturated heterocycles. The first-order valence-electron chi connectivity index (χ1n) is 6.51. The van der Waals surface area contributed by atoms with Gasteiger partial charge in [-0.25, -0.2) is 4.98 Å². The number of carboxylic acids is 1. The van der Waals surface area contributed by atoms with Crippen LogP contribution in [0.25, 0.3) is 11.1 Å². The van der Waals surface area contributed by atoms with Crippen molar-refractivity contribution in [2.75, 3.05) is 11.4 Å². The van der Waals surface area contributed by atoms with Gasteiger partial charge in [0, 0.05) is 25.1 Å². The lowest BCUT2D eigenvalue weighted by Crippen LogP contribution is -2.25. The number of anilines is 1. The standard InChI is InChI=1S/C14H14N2O4/c1-2-12-15-10-6-9(3-4-11(10)20-12)16-7-8(14(18)19)5-13(16)17/h3-4,6,8H,2,5,7H2,1H3,(H,18,19). The summed E-state index contributed by atoms with van der Waals surface area (Å²) in [5.41, 5.74) is 2.03. The molecule has 0 bridgehead atoms. The Hall–Kier alpha value is -2.37. The molecule has 2 heterocycles. The van der Waals surface area contributed by atoms with Crippen LogP contribution >= 0.6 is 0 Å². The summed E-state index contributed by atoms with van der Waals surface area (Å²) in [7, 11) is 0. The molecule has 1 aliphatic rings. The van der Waals surface area contributed by atoms with Crippen LogP contribution in [-0.2, 0) is 16.0 Å². The van der Waals surface area contributed by atoms with E-state index in [1.165, 1.54) is 4.90 Å². The van der Waals surface area contributed by atoms with Crippen LogP contribution in [0.1, 0.15) is 19.2 Å². The lowest BCUT2D eigenvalue weighted by atomic mass is 10.1. The molecule has 0 saturated carbocycles. The van der Waals surface area contributed by atoms with Crippen LogP contribution in [0.2, 0.25) is 0 Å². The highest BCUT2D eigenvalue weighted by molar-refractivity contribution is 6.00. The minimum absolute atomic E-state index is 0.0480. The van der Waals surface area contributed by atoms with E-state index in [-0.39, 0.29) is 18.9 Å². The lowest BCUT2D eigenvalue weighted by Gasteiger charge is -2.15. The average Bonchev–Trinajstić information content (AvgIpc) is 3.00. The smallest absolute Gasteiger partial charge is 0.308 e. The SMILES string of the molecule is CCc1nc2cc(N3CC(C(=O)O)CC3=O)ccc2o1. The number of amides is 1. The lowest BCUT2D eigenvalue weighted by molar-refractivity contribution is -0.141. The van der Waals surface area contributed by atoms with Crippen molar-refractivity contribution in [1.82, 2.24) is 4.98 Å². The predicted molar refractivity (Wildman–Crippen MR) is 71.5 cm³/mol. The van der Waals surface area contributed by atoms with Crippen molar-refractivity contribution in [3.05, 3.63) is 24.1 Å². The van der Waals surface area contributed by atoms with E-state index >= 15 is 0 Å². The zero-order valence-electron chi connectivity index (χ0n) is 11.0. The van der Waals surface area contributed by atoms with Crippen LogP contribution in [0.15, 0.2) is 22.6 Å². The molecular formula is C14H14N2O4. The van der Waals surface area contributed by atoms with E-state index < -0.39 is 11.9 Å². The van der Waals surface area contributed by atoms with Gasteiger partial charge in [-0.05, 0) is 18.2 Å². The second-order valence-electron chi connectivity index (χ2n) is 4.86. The number of nitrogens with zero attached hydrogens (tertiary/aromatic N) is 2. The van der Waals surface area contributed by atoms with Crippen LogP contribution in [0.5, 0.6) is 0 Å². The summed E-state index contributed by atoms with van der Waals surface area (Å²) >= 11 is 0. The molecule has 104 valence electrons. The summed E-state index contributed by atoms with van der Waals surface area (Å²) in [6, 6.07) is 5.29. The number of hydrogen-bond donors (Lipinski definition) is 1. The molecule has 1 N–H and O–H groups in total. The number of carboxylic acid groups (broad SMARTS) is 1. The number of benzene rings is 1. The van der Waals surface area contributed by atoms with E-state index in [9.17, 15) is 9.59 Å². The predicted octanol–water partition coefficient (Wildman–Crippen LogP) is 1.83. The van der Waals surface area contributed by atoms with Crippen molar-refractivity contribution < 1.29 is 19.1 Å². The van der Waals surface area contributed by atoms with Gasteiger partial charge in [-0.3, -0.25) is 9.59 Å². The number of aryl methyl sites for hydroxylation is 1. The normalized spacial score (nSPS) is 18.9. The van der Waals surface area contributed by atoms with Gasteiger partial charge < -0.3 is 14.4 Å². The fraction of sp³-hybridized carbons (Fsp3) is 0.357. The molecule has 6 nitrogen and oxygen atoms in total. The number of carbonyl (C=O) groups excluding carboxylic acids is 1. The Labute approximate surface area is 115 Å². The number of rotatable bonds is 3. The van der Waals surface area contributed by atoms with E-state index in [0.717, 1.165) is 0 Å². The van der Waals surface area contributed by atoms with Gasteiger partial charge in [0.1, 0.15) is 5.52 Å². The molecule has 1 unspecified atom stereocenters. The Morgan fingerprint density at radius 2 is 2.35 bits per heavy atom. The van der Waals surface area contributed by atoms with Gasteiger partial charge in [-0.15, -0.1) is 0 Å². The van der Waals surface area contributed by atoms with Crippen molar-refractivity contribution >= 4 is 28.7 Å². The fourth-order valence-electron chi connectivity index (χ4n) is 2.41. The zero-order chi connectivity index (χ0) is 14.3. The summed E-state index contributed by atoms with van der Waals surface area (Å²) in [6.07, 6.45) is 0.750.